The first-order chi connectivity index (χ1) is 7.46. The van der Waals surface area contributed by atoms with E-state index < -0.39 is 9.84 Å². The molecule has 1 aliphatic rings. The van der Waals surface area contributed by atoms with Crippen molar-refractivity contribution in [2.45, 2.75) is 6.42 Å². The van der Waals surface area contributed by atoms with Gasteiger partial charge in [0.05, 0.1) is 5.75 Å². The predicted molar refractivity (Wildman–Crippen MR) is 66.5 cm³/mol. The second-order valence-electron chi connectivity index (χ2n) is 4.26. The summed E-state index contributed by atoms with van der Waals surface area (Å²) in [5.74, 6) is 0.196. The van der Waals surface area contributed by atoms with E-state index in [1.165, 1.54) is 11.8 Å². The predicted octanol–water partition coefficient (Wildman–Crippen LogP) is 0.676. The van der Waals surface area contributed by atoms with Crippen molar-refractivity contribution in [1.82, 2.24) is 0 Å². The monoisotopic (exact) mass is 240 g/mol. The van der Waals surface area contributed by atoms with Crippen LogP contribution in [0, 0.1) is 0 Å². The van der Waals surface area contributed by atoms with E-state index >= 15 is 0 Å². The molecule has 0 atom stereocenters. The van der Waals surface area contributed by atoms with Crippen LogP contribution >= 0.6 is 0 Å². The number of nitrogen functional groups attached to an aromatic ring is 1. The molecule has 88 valence electrons. The molecule has 0 radical (unpaired) electrons. The van der Waals surface area contributed by atoms with Gasteiger partial charge >= 0.3 is 0 Å². The number of anilines is 2. The van der Waals surface area contributed by atoms with Gasteiger partial charge in [0.1, 0.15) is 9.84 Å². The van der Waals surface area contributed by atoms with Gasteiger partial charge in [0.15, 0.2) is 0 Å². The summed E-state index contributed by atoms with van der Waals surface area (Å²) < 4.78 is 22.2. The lowest BCUT2D eigenvalue weighted by molar-refractivity contribution is 0.600. The Morgan fingerprint density at radius 1 is 1.44 bits per heavy atom. The first kappa shape index (κ1) is 11.3. The van der Waals surface area contributed by atoms with E-state index in [1.54, 1.807) is 0 Å². The van der Waals surface area contributed by atoms with Crippen LogP contribution in [-0.4, -0.2) is 33.5 Å². The lowest BCUT2D eigenvalue weighted by atomic mass is 10.1. The van der Waals surface area contributed by atoms with Crippen LogP contribution in [0.5, 0.6) is 0 Å². The molecule has 0 saturated heterocycles. The Balaban J connectivity index is 2.14. The first-order valence-corrected chi connectivity index (χ1v) is 7.33. The van der Waals surface area contributed by atoms with Crippen molar-refractivity contribution in [3.63, 3.8) is 0 Å². The number of fused-ring (bicyclic) bond motifs is 1. The lowest BCUT2D eigenvalue weighted by Gasteiger charge is -2.18. The second kappa shape index (κ2) is 3.97. The van der Waals surface area contributed by atoms with Crippen molar-refractivity contribution in [1.29, 1.82) is 0 Å². The maximum Gasteiger partial charge on any atom is 0.149 e. The van der Waals surface area contributed by atoms with Crippen molar-refractivity contribution in [3.05, 3.63) is 23.8 Å². The molecule has 5 heteroatoms. The third-order valence-electron chi connectivity index (χ3n) is 2.83. The fourth-order valence-corrected chi connectivity index (χ4v) is 2.52. The summed E-state index contributed by atoms with van der Waals surface area (Å²) in [4.78, 5) is 2.09. The van der Waals surface area contributed by atoms with E-state index in [2.05, 4.69) is 4.90 Å². The average Bonchev–Trinajstić information content (AvgIpc) is 2.56. The minimum atomic E-state index is -2.90. The molecule has 4 nitrogen and oxygen atoms in total. The van der Waals surface area contributed by atoms with Gasteiger partial charge in [-0.1, -0.05) is 6.07 Å². The Hall–Kier alpha value is -1.23. The molecular weight excluding hydrogens is 224 g/mol. The Bertz CT molecular complexity index is 497. The van der Waals surface area contributed by atoms with Crippen LogP contribution in [0.1, 0.15) is 5.56 Å². The molecule has 0 amide bonds. The fraction of sp³-hybridized carbons (Fsp3) is 0.455. The molecule has 0 fully saturated rings. The summed E-state index contributed by atoms with van der Waals surface area (Å²) in [7, 11) is -2.90. The molecule has 0 aromatic heterocycles. The SMILES string of the molecule is CS(=O)(=O)CCN1CCc2ccc(N)cc21. The Labute approximate surface area is 96.0 Å². The second-order valence-corrected chi connectivity index (χ2v) is 6.51. The van der Waals surface area contributed by atoms with Crippen LogP contribution in [0.25, 0.3) is 0 Å². The molecule has 0 aliphatic carbocycles. The topological polar surface area (TPSA) is 63.4 Å². The summed E-state index contributed by atoms with van der Waals surface area (Å²) >= 11 is 0. The Morgan fingerprint density at radius 2 is 2.19 bits per heavy atom. The highest BCUT2D eigenvalue weighted by molar-refractivity contribution is 7.90. The maximum absolute atomic E-state index is 11.1. The van der Waals surface area contributed by atoms with Crippen LogP contribution in [-0.2, 0) is 16.3 Å². The highest BCUT2D eigenvalue weighted by Gasteiger charge is 2.19. The highest BCUT2D eigenvalue weighted by Crippen LogP contribution is 2.29. The lowest BCUT2D eigenvalue weighted by Crippen LogP contribution is -2.27. The maximum atomic E-state index is 11.1. The summed E-state index contributed by atoms with van der Waals surface area (Å²) in [5, 5.41) is 0. The van der Waals surface area contributed by atoms with Gasteiger partial charge in [-0.15, -0.1) is 0 Å². The van der Waals surface area contributed by atoms with Gasteiger partial charge in [-0.25, -0.2) is 8.42 Å². The van der Waals surface area contributed by atoms with Gasteiger partial charge in [-0.2, -0.15) is 0 Å². The van der Waals surface area contributed by atoms with Crippen molar-refractivity contribution in [3.8, 4) is 0 Å². The number of hydrogen-bond donors (Lipinski definition) is 1. The number of sulfone groups is 1. The van der Waals surface area contributed by atoms with Gasteiger partial charge < -0.3 is 10.6 Å². The molecular formula is C11H16N2O2S. The third kappa shape index (κ3) is 2.47. The number of hydrogen-bond acceptors (Lipinski definition) is 4. The molecule has 2 rings (SSSR count). The minimum absolute atomic E-state index is 0.196. The van der Waals surface area contributed by atoms with E-state index in [9.17, 15) is 8.42 Å². The van der Waals surface area contributed by atoms with Crippen molar-refractivity contribution >= 4 is 21.2 Å². The number of benzene rings is 1. The molecule has 1 aromatic carbocycles. The number of rotatable bonds is 3. The number of nitrogens with two attached hydrogens (primary N) is 1. The van der Waals surface area contributed by atoms with Crippen LogP contribution in [0.15, 0.2) is 18.2 Å². The molecule has 0 unspecified atom stereocenters. The van der Waals surface area contributed by atoms with Crippen LogP contribution in [0.3, 0.4) is 0 Å². The quantitative estimate of drug-likeness (QED) is 0.789. The summed E-state index contributed by atoms with van der Waals surface area (Å²) in [6.45, 7) is 1.43. The first-order valence-electron chi connectivity index (χ1n) is 5.27. The average molecular weight is 240 g/mol. The summed E-state index contributed by atoms with van der Waals surface area (Å²) in [6.07, 6.45) is 2.24. The zero-order valence-corrected chi connectivity index (χ0v) is 10.1. The standard InChI is InChI=1S/C11H16N2O2S/c1-16(14,15)7-6-13-5-4-9-2-3-10(12)8-11(9)13/h2-3,8H,4-7,12H2,1H3. The van der Waals surface area contributed by atoms with Crippen LogP contribution in [0.4, 0.5) is 11.4 Å². The van der Waals surface area contributed by atoms with Crippen LogP contribution in [0.2, 0.25) is 0 Å². The van der Waals surface area contributed by atoms with E-state index in [0.29, 0.717) is 6.54 Å². The van der Waals surface area contributed by atoms with Crippen molar-refractivity contribution in [2.24, 2.45) is 0 Å². The smallest absolute Gasteiger partial charge is 0.149 e. The normalized spacial score (nSPS) is 15.2. The van der Waals surface area contributed by atoms with Gasteiger partial charge in [0.25, 0.3) is 0 Å². The van der Waals surface area contributed by atoms with Crippen molar-refractivity contribution in [2.75, 3.05) is 35.7 Å². The van der Waals surface area contributed by atoms with E-state index in [1.807, 2.05) is 18.2 Å². The third-order valence-corrected chi connectivity index (χ3v) is 3.76. The van der Waals surface area contributed by atoms with Crippen LogP contribution < -0.4 is 10.6 Å². The molecule has 1 heterocycles. The Morgan fingerprint density at radius 3 is 2.88 bits per heavy atom. The molecule has 0 bridgehead atoms. The molecule has 0 spiro atoms. The van der Waals surface area contributed by atoms with Gasteiger partial charge in [-0.05, 0) is 24.1 Å². The van der Waals surface area contributed by atoms with Gasteiger partial charge in [0, 0.05) is 30.7 Å². The zero-order valence-electron chi connectivity index (χ0n) is 9.31. The Kier molecular flexibility index (Phi) is 2.80. The number of nitrogens with zero attached hydrogens (tertiary/aromatic N) is 1. The fourth-order valence-electron chi connectivity index (χ4n) is 1.97. The van der Waals surface area contributed by atoms with E-state index in [-0.39, 0.29) is 5.75 Å². The molecule has 16 heavy (non-hydrogen) atoms. The minimum Gasteiger partial charge on any atom is -0.399 e. The molecule has 1 aromatic rings. The van der Waals surface area contributed by atoms with Crippen molar-refractivity contribution < 1.29 is 8.42 Å². The molecule has 2 N–H and O–H groups in total. The van der Waals surface area contributed by atoms with Gasteiger partial charge in [-0.3, -0.25) is 0 Å². The molecule has 1 aliphatic heterocycles. The largest absolute Gasteiger partial charge is 0.399 e. The summed E-state index contributed by atoms with van der Waals surface area (Å²) in [5.41, 5.74) is 8.80. The van der Waals surface area contributed by atoms with Gasteiger partial charge in [0.2, 0.25) is 0 Å². The zero-order chi connectivity index (χ0) is 11.8. The van der Waals surface area contributed by atoms with E-state index in [0.717, 1.165) is 24.3 Å². The highest BCUT2D eigenvalue weighted by atomic mass is 32.2. The summed E-state index contributed by atoms with van der Waals surface area (Å²) in [6, 6.07) is 5.83. The molecule has 0 saturated carbocycles. The van der Waals surface area contributed by atoms with E-state index in [4.69, 9.17) is 5.73 Å².